The number of carbonyl (C=O) groups is 2. The number of thiophene rings is 1. The Kier molecular flexibility index (Phi) is 5.98. The third-order valence-electron chi connectivity index (χ3n) is 3.84. The first kappa shape index (κ1) is 17.4. The topological polar surface area (TPSA) is 55.8 Å². The van der Waals surface area contributed by atoms with Crippen LogP contribution in [0.15, 0.2) is 47.2 Å². The van der Waals surface area contributed by atoms with Crippen LogP contribution in [0.3, 0.4) is 0 Å². The summed E-state index contributed by atoms with van der Waals surface area (Å²) in [6.07, 6.45) is 3.35. The molecule has 1 saturated heterocycles. The average molecular weight is 357 g/mol. The molecule has 6 heteroatoms. The van der Waals surface area contributed by atoms with Gasteiger partial charge in [0.05, 0.1) is 13.2 Å². The van der Waals surface area contributed by atoms with Gasteiger partial charge in [0.15, 0.2) is 12.4 Å². The second kappa shape index (κ2) is 8.60. The number of rotatable bonds is 6. The maximum absolute atomic E-state index is 12.1. The number of carbonyl (C=O) groups excluding carboxylic acids is 2. The summed E-state index contributed by atoms with van der Waals surface area (Å²) < 4.78 is 10.7. The highest BCUT2D eigenvalue weighted by atomic mass is 32.1. The van der Waals surface area contributed by atoms with Crippen molar-refractivity contribution in [1.82, 2.24) is 4.90 Å². The van der Waals surface area contributed by atoms with Gasteiger partial charge < -0.3 is 14.4 Å². The predicted octanol–water partition coefficient (Wildman–Crippen LogP) is 2.88. The summed E-state index contributed by atoms with van der Waals surface area (Å²) in [5.41, 5.74) is 1.60. The molecule has 0 radical (unpaired) electrons. The van der Waals surface area contributed by atoms with Crippen LogP contribution in [0.1, 0.15) is 15.9 Å². The molecule has 5 nitrogen and oxygen atoms in total. The first-order valence-electron chi connectivity index (χ1n) is 8.05. The Morgan fingerprint density at radius 3 is 2.60 bits per heavy atom. The molecule has 1 aliphatic rings. The van der Waals surface area contributed by atoms with E-state index in [-0.39, 0.29) is 18.3 Å². The lowest BCUT2D eigenvalue weighted by Gasteiger charge is -2.26. The third kappa shape index (κ3) is 5.01. The van der Waals surface area contributed by atoms with E-state index >= 15 is 0 Å². The van der Waals surface area contributed by atoms with Crippen LogP contribution in [0, 0.1) is 0 Å². The molecular formula is C19H19NO4S. The van der Waals surface area contributed by atoms with Gasteiger partial charge in [0.25, 0.3) is 5.91 Å². The van der Waals surface area contributed by atoms with Crippen LogP contribution in [-0.4, -0.2) is 49.5 Å². The molecule has 1 aromatic heterocycles. The highest BCUT2D eigenvalue weighted by Crippen LogP contribution is 2.14. The largest absolute Gasteiger partial charge is 0.484 e. The number of hydrogen-bond acceptors (Lipinski definition) is 5. The van der Waals surface area contributed by atoms with E-state index in [1.807, 2.05) is 16.8 Å². The van der Waals surface area contributed by atoms with Crippen molar-refractivity contribution in [2.75, 3.05) is 32.9 Å². The maximum atomic E-state index is 12.1. The molecule has 0 aliphatic carbocycles. The summed E-state index contributed by atoms with van der Waals surface area (Å²) in [5, 5.41) is 3.95. The lowest BCUT2D eigenvalue weighted by atomic mass is 10.1. The minimum Gasteiger partial charge on any atom is -0.484 e. The standard InChI is InChI=1S/C19H19NO4S/c21-18(6-1-15-7-12-25-14-15)16-2-4-17(5-3-16)24-13-19(22)20-8-10-23-11-9-20/h1-7,12,14H,8-11,13H2/b6-1+. The SMILES string of the molecule is O=C(/C=C/c1ccsc1)c1ccc(OCC(=O)N2CCOCC2)cc1. The number of allylic oxidation sites excluding steroid dienone is 1. The molecule has 0 spiro atoms. The zero-order chi connectivity index (χ0) is 17.5. The van der Waals surface area contributed by atoms with Crippen LogP contribution in [0.2, 0.25) is 0 Å². The lowest BCUT2D eigenvalue weighted by molar-refractivity contribution is -0.137. The molecule has 1 aliphatic heterocycles. The molecule has 2 heterocycles. The minimum absolute atomic E-state index is 0.00858. The molecule has 0 atom stereocenters. The molecule has 25 heavy (non-hydrogen) atoms. The van der Waals surface area contributed by atoms with Crippen molar-refractivity contribution >= 4 is 29.1 Å². The Morgan fingerprint density at radius 1 is 1.16 bits per heavy atom. The van der Waals surface area contributed by atoms with Crippen molar-refractivity contribution in [3.05, 3.63) is 58.3 Å². The highest BCUT2D eigenvalue weighted by Gasteiger charge is 2.17. The average Bonchev–Trinajstić information content (AvgIpc) is 3.19. The Balaban J connectivity index is 1.51. The molecular weight excluding hydrogens is 338 g/mol. The first-order chi connectivity index (χ1) is 12.2. The van der Waals surface area contributed by atoms with E-state index in [0.717, 1.165) is 5.56 Å². The van der Waals surface area contributed by atoms with E-state index in [1.165, 1.54) is 0 Å². The summed E-state index contributed by atoms with van der Waals surface area (Å²) in [7, 11) is 0. The monoisotopic (exact) mass is 357 g/mol. The second-order valence-electron chi connectivity index (χ2n) is 5.56. The fourth-order valence-electron chi connectivity index (χ4n) is 2.40. The van der Waals surface area contributed by atoms with Crippen molar-refractivity contribution < 1.29 is 19.1 Å². The number of nitrogens with zero attached hydrogens (tertiary/aromatic N) is 1. The van der Waals surface area contributed by atoms with Gasteiger partial charge in [0, 0.05) is 18.7 Å². The van der Waals surface area contributed by atoms with Gasteiger partial charge in [-0.15, -0.1) is 0 Å². The number of hydrogen-bond donors (Lipinski definition) is 0. The van der Waals surface area contributed by atoms with Crippen LogP contribution in [0.25, 0.3) is 6.08 Å². The van der Waals surface area contributed by atoms with E-state index < -0.39 is 0 Å². The van der Waals surface area contributed by atoms with Gasteiger partial charge in [0.2, 0.25) is 0 Å². The van der Waals surface area contributed by atoms with E-state index in [9.17, 15) is 9.59 Å². The Bertz CT molecular complexity index is 731. The van der Waals surface area contributed by atoms with Gasteiger partial charge in [-0.05, 0) is 52.7 Å². The number of amides is 1. The number of ketones is 1. The van der Waals surface area contributed by atoms with E-state index in [0.29, 0.717) is 37.6 Å². The summed E-state index contributed by atoms with van der Waals surface area (Å²) >= 11 is 1.59. The van der Waals surface area contributed by atoms with Gasteiger partial charge in [0.1, 0.15) is 5.75 Å². The quantitative estimate of drug-likeness (QED) is 0.589. The van der Waals surface area contributed by atoms with Crippen molar-refractivity contribution in [2.24, 2.45) is 0 Å². The predicted molar refractivity (Wildman–Crippen MR) is 97.0 cm³/mol. The van der Waals surface area contributed by atoms with E-state index in [1.54, 1.807) is 52.7 Å². The maximum Gasteiger partial charge on any atom is 0.260 e. The summed E-state index contributed by atoms with van der Waals surface area (Å²) in [5.74, 6) is 0.448. The molecule has 0 unspecified atom stereocenters. The highest BCUT2D eigenvalue weighted by molar-refractivity contribution is 7.08. The summed E-state index contributed by atoms with van der Waals surface area (Å²) in [4.78, 5) is 25.9. The van der Waals surface area contributed by atoms with E-state index in [2.05, 4.69) is 0 Å². The Labute approximate surface area is 150 Å². The van der Waals surface area contributed by atoms with Crippen molar-refractivity contribution in [1.29, 1.82) is 0 Å². The molecule has 3 rings (SSSR count). The van der Waals surface area contributed by atoms with Gasteiger partial charge in [-0.1, -0.05) is 6.08 Å². The fourth-order valence-corrected chi connectivity index (χ4v) is 3.03. The van der Waals surface area contributed by atoms with Crippen LogP contribution < -0.4 is 4.74 Å². The minimum atomic E-state index is -0.0675. The molecule has 1 amide bonds. The molecule has 0 N–H and O–H groups in total. The van der Waals surface area contributed by atoms with Crippen LogP contribution in [-0.2, 0) is 9.53 Å². The third-order valence-corrected chi connectivity index (χ3v) is 4.54. The smallest absolute Gasteiger partial charge is 0.260 e. The lowest BCUT2D eigenvalue weighted by Crippen LogP contribution is -2.42. The molecule has 130 valence electrons. The van der Waals surface area contributed by atoms with Crippen molar-refractivity contribution in [3.8, 4) is 5.75 Å². The first-order valence-corrected chi connectivity index (χ1v) is 8.99. The molecule has 1 fully saturated rings. The summed E-state index contributed by atoms with van der Waals surface area (Å²) in [6, 6.07) is 8.77. The van der Waals surface area contributed by atoms with Crippen LogP contribution >= 0.6 is 11.3 Å². The zero-order valence-electron chi connectivity index (χ0n) is 13.7. The Hall–Kier alpha value is -2.44. The normalized spacial score (nSPS) is 14.6. The van der Waals surface area contributed by atoms with Crippen LogP contribution in [0.5, 0.6) is 5.75 Å². The Morgan fingerprint density at radius 2 is 1.92 bits per heavy atom. The number of morpholine rings is 1. The van der Waals surface area contributed by atoms with Crippen molar-refractivity contribution in [2.45, 2.75) is 0 Å². The van der Waals surface area contributed by atoms with Gasteiger partial charge in [-0.3, -0.25) is 9.59 Å². The molecule has 0 bridgehead atoms. The zero-order valence-corrected chi connectivity index (χ0v) is 14.5. The number of ether oxygens (including phenoxy) is 2. The number of benzene rings is 1. The second-order valence-corrected chi connectivity index (χ2v) is 6.34. The van der Waals surface area contributed by atoms with Gasteiger partial charge in [-0.2, -0.15) is 11.3 Å². The van der Waals surface area contributed by atoms with Crippen LogP contribution in [0.4, 0.5) is 0 Å². The fraction of sp³-hybridized carbons (Fsp3) is 0.263. The van der Waals surface area contributed by atoms with E-state index in [4.69, 9.17) is 9.47 Å². The van der Waals surface area contributed by atoms with Crippen molar-refractivity contribution in [3.63, 3.8) is 0 Å². The summed E-state index contributed by atoms with van der Waals surface area (Å²) in [6.45, 7) is 2.34. The molecule has 2 aromatic rings. The molecule has 1 aromatic carbocycles. The molecule has 0 saturated carbocycles. The van der Waals surface area contributed by atoms with Gasteiger partial charge >= 0.3 is 0 Å². The van der Waals surface area contributed by atoms with Gasteiger partial charge in [-0.25, -0.2) is 0 Å².